The molecule has 0 heterocycles. The maximum Gasteiger partial charge on any atom is 0.119 e. The summed E-state index contributed by atoms with van der Waals surface area (Å²) in [6.07, 6.45) is -0.0235. The van der Waals surface area contributed by atoms with Crippen molar-refractivity contribution in [2.24, 2.45) is 0 Å². The van der Waals surface area contributed by atoms with Gasteiger partial charge in [0, 0.05) is 5.02 Å². The maximum absolute atomic E-state index is 5.98. The second-order valence-corrected chi connectivity index (χ2v) is 5.25. The van der Waals surface area contributed by atoms with Gasteiger partial charge < -0.3 is 14.8 Å². The molecule has 0 fully saturated rings. The van der Waals surface area contributed by atoms with Crippen LogP contribution >= 0.6 is 11.6 Å². The first-order chi connectivity index (χ1) is 10.1. The number of rotatable bonds is 6. The average Bonchev–Trinajstić information content (AvgIpc) is 2.51. The van der Waals surface area contributed by atoms with Gasteiger partial charge in [0.15, 0.2) is 0 Å². The molecule has 0 bridgehead atoms. The van der Waals surface area contributed by atoms with Crippen molar-refractivity contribution < 1.29 is 9.47 Å². The Morgan fingerprint density at radius 2 is 1.52 bits per heavy atom. The van der Waals surface area contributed by atoms with Crippen LogP contribution in [0.15, 0.2) is 48.5 Å². The van der Waals surface area contributed by atoms with Gasteiger partial charge in [-0.1, -0.05) is 23.7 Å². The molecule has 0 spiro atoms. The van der Waals surface area contributed by atoms with Crippen molar-refractivity contribution in [2.45, 2.75) is 19.1 Å². The van der Waals surface area contributed by atoms with Crippen LogP contribution in [-0.4, -0.2) is 20.3 Å². The van der Waals surface area contributed by atoms with E-state index in [1.807, 2.05) is 62.5 Å². The lowest BCUT2D eigenvalue weighted by Gasteiger charge is -2.25. The van der Waals surface area contributed by atoms with Crippen molar-refractivity contribution in [3.8, 4) is 11.5 Å². The van der Waals surface area contributed by atoms with Crippen LogP contribution in [0.25, 0.3) is 0 Å². The van der Waals surface area contributed by atoms with Crippen LogP contribution in [-0.2, 0) is 0 Å². The third-order valence-corrected chi connectivity index (χ3v) is 3.64. The quantitative estimate of drug-likeness (QED) is 0.872. The predicted octanol–water partition coefficient (Wildman–Crippen LogP) is 4.08. The van der Waals surface area contributed by atoms with Gasteiger partial charge in [-0.2, -0.15) is 0 Å². The van der Waals surface area contributed by atoms with Gasteiger partial charge in [-0.15, -0.1) is 0 Å². The molecule has 4 heteroatoms. The number of likely N-dealkylation sites (N-methyl/N-ethyl adjacent to an activating group) is 1. The molecule has 2 atom stereocenters. The van der Waals surface area contributed by atoms with Gasteiger partial charge in [0.25, 0.3) is 0 Å². The van der Waals surface area contributed by atoms with Crippen LogP contribution in [0.5, 0.6) is 11.5 Å². The number of nitrogens with one attached hydrogen (secondary N) is 1. The molecule has 0 aliphatic carbocycles. The minimum absolute atomic E-state index is 0.0235. The first-order valence-electron chi connectivity index (χ1n) is 6.87. The van der Waals surface area contributed by atoms with Gasteiger partial charge in [0.1, 0.15) is 17.6 Å². The van der Waals surface area contributed by atoms with Crippen LogP contribution in [0, 0.1) is 0 Å². The van der Waals surface area contributed by atoms with Crippen molar-refractivity contribution >= 4 is 11.6 Å². The minimum Gasteiger partial charge on any atom is -0.497 e. The van der Waals surface area contributed by atoms with E-state index in [1.54, 1.807) is 7.11 Å². The zero-order chi connectivity index (χ0) is 15.2. The number of ether oxygens (including phenoxy) is 2. The monoisotopic (exact) mass is 305 g/mol. The van der Waals surface area contributed by atoms with Crippen LogP contribution in [0.2, 0.25) is 5.02 Å². The summed E-state index contributed by atoms with van der Waals surface area (Å²) in [5.74, 6) is 1.65. The molecule has 0 aromatic heterocycles. The number of hydrogen-bond acceptors (Lipinski definition) is 3. The van der Waals surface area contributed by atoms with E-state index in [2.05, 4.69) is 5.32 Å². The Morgan fingerprint density at radius 3 is 2.05 bits per heavy atom. The van der Waals surface area contributed by atoms with E-state index < -0.39 is 0 Å². The van der Waals surface area contributed by atoms with Crippen LogP contribution < -0.4 is 14.8 Å². The Morgan fingerprint density at radius 1 is 0.952 bits per heavy atom. The molecule has 1 N–H and O–H groups in total. The Bertz CT molecular complexity index is 554. The van der Waals surface area contributed by atoms with E-state index in [1.165, 1.54) is 0 Å². The molecule has 21 heavy (non-hydrogen) atoms. The number of halogens is 1. The van der Waals surface area contributed by atoms with Crippen molar-refractivity contribution in [2.75, 3.05) is 14.2 Å². The largest absolute Gasteiger partial charge is 0.497 e. The molecular formula is C17H20ClNO2. The predicted molar refractivity (Wildman–Crippen MR) is 86.3 cm³/mol. The normalized spacial score (nSPS) is 13.5. The summed E-state index contributed by atoms with van der Waals surface area (Å²) in [4.78, 5) is 0. The molecule has 0 amide bonds. The molecule has 2 aromatic rings. The Kier molecular flexibility index (Phi) is 5.48. The minimum atomic E-state index is -0.0235. The lowest BCUT2D eigenvalue weighted by atomic mass is 10.0. The highest BCUT2D eigenvalue weighted by Crippen LogP contribution is 2.24. The second-order valence-electron chi connectivity index (χ2n) is 4.82. The van der Waals surface area contributed by atoms with E-state index >= 15 is 0 Å². The molecule has 0 aliphatic heterocycles. The van der Waals surface area contributed by atoms with Crippen molar-refractivity contribution in [3.05, 3.63) is 59.1 Å². The summed E-state index contributed by atoms with van der Waals surface area (Å²) >= 11 is 5.88. The molecule has 112 valence electrons. The Labute approximate surface area is 130 Å². The fourth-order valence-corrected chi connectivity index (χ4v) is 2.41. The second kappa shape index (κ2) is 7.34. The summed E-state index contributed by atoms with van der Waals surface area (Å²) in [5.41, 5.74) is 1.15. The molecule has 0 aliphatic rings. The summed E-state index contributed by atoms with van der Waals surface area (Å²) in [7, 11) is 3.59. The molecule has 0 radical (unpaired) electrons. The van der Waals surface area contributed by atoms with Crippen LogP contribution in [0.1, 0.15) is 18.5 Å². The zero-order valence-corrected chi connectivity index (χ0v) is 13.2. The van der Waals surface area contributed by atoms with Crippen LogP contribution in [0.4, 0.5) is 0 Å². The first-order valence-corrected chi connectivity index (χ1v) is 7.25. The fourth-order valence-electron chi connectivity index (χ4n) is 2.28. The third-order valence-electron chi connectivity index (χ3n) is 3.39. The lowest BCUT2D eigenvalue weighted by molar-refractivity contribution is 0.175. The van der Waals surface area contributed by atoms with Gasteiger partial charge in [-0.25, -0.2) is 0 Å². The van der Waals surface area contributed by atoms with Crippen LogP contribution in [0.3, 0.4) is 0 Å². The van der Waals surface area contributed by atoms with E-state index in [0.717, 1.165) is 17.1 Å². The molecular weight excluding hydrogens is 286 g/mol. The smallest absolute Gasteiger partial charge is 0.119 e. The Hall–Kier alpha value is -1.71. The molecule has 2 aromatic carbocycles. The standard InChI is InChI=1S/C17H20ClNO2/c1-12(21-16-10-6-14(18)7-11-16)17(19-2)13-4-8-15(20-3)9-5-13/h4-12,17,19H,1-3H3. The van der Waals surface area contributed by atoms with Crippen molar-refractivity contribution in [1.29, 1.82) is 0 Å². The van der Waals surface area contributed by atoms with E-state index in [-0.39, 0.29) is 12.1 Å². The molecule has 3 nitrogen and oxygen atoms in total. The first kappa shape index (κ1) is 15.7. The fraction of sp³-hybridized carbons (Fsp3) is 0.294. The molecule has 0 saturated heterocycles. The Balaban J connectivity index is 2.09. The zero-order valence-electron chi connectivity index (χ0n) is 12.5. The summed E-state index contributed by atoms with van der Waals surface area (Å²) < 4.78 is 11.2. The van der Waals surface area contributed by atoms with Gasteiger partial charge >= 0.3 is 0 Å². The summed E-state index contributed by atoms with van der Waals surface area (Å²) in [5, 5.41) is 4.00. The van der Waals surface area contributed by atoms with Crippen molar-refractivity contribution in [1.82, 2.24) is 5.32 Å². The highest BCUT2D eigenvalue weighted by atomic mass is 35.5. The van der Waals surface area contributed by atoms with Crippen molar-refractivity contribution in [3.63, 3.8) is 0 Å². The highest BCUT2D eigenvalue weighted by Gasteiger charge is 2.19. The summed E-state index contributed by atoms with van der Waals surface area (Å²) in [6, 6.07) is 15.5. The maximum atomic E-state index is 5.98. The number of benzene rings is 2. The van der Waals surface area contributed by atoms with E-state index in [0.29, 0.717) is 5.02 Å². The van der Waals surface area contributed by atoms with E-state index in [9.17, 15) is 0 Å². The molecule has 0 saturated carbocycles. The molecule has 2 rings (SSSR count). The third kappa shape index (κ3) is 4.13. The lowest BCUT2D eigenvalue weighted by Crippen LogP contribution is -2.31. The van der Waals surface area contributed by atoms with Gasteiger partial charge in [-0.3, -0.25) is 0 Å². The van der Waals surface area contributed by atoms with Gasteiger partial charge in [0.2, 0.25) is 0 Å². The van der Waals surface area contributed by atoms with E-state index in [4.69, 9.17) is 21.1 Å². The molecule has 2 unspecified atom stereocenters. The SMILES string of the molecule is CNC(c1ccc(OC)cc1)C(C)Oc1ccc(Cl)cc1. The summed E-state index contributed by atoms with van der Waals surface area (Å²) in [6.45, 7) is 2.04. The van der Waals surface area contributed by atoms with Gasteiger partial charge in [0.05, 0.1) is 13.2 Å². The highest BCUT2D eigenvalue weighted by molar-refractivity contribution is 6.30. The van der Waals surface area contributed by atoms with Gasteiger partial charge in [-0.05, 0) is 55.9 Å². The average molecular weight is 306 g/mol. The number of hydrogen-bond donors (Lipinski definition) is 1. The number of methoxy groups -OCH3 is 1. The topological polar surface area (TPSA) is 30.5 Å².